The first-order valence-corrected chi connectivity index (χ1v) is 9.48. The average molecular weight is 350 g/mol. The smallest absolute Gasteiger partial charge is 0.254 e. The number of aromatic nitrogens is 1. The van der Waals surface area contributed by atoms with Crippen molar-refractivity contribution in [1.29, 1.82) is 0 Å². The maximum atomic E-state index is 12.9. The summed E-state index contributed by atoms with van der Waals surface area (Å²) in [6.07, 6.45) is 4.02. The minimum absolute atomic E-state index is 0.122. The fourth-order valence-corrected chi connectivity index (χ4v) is 3.92. The van der Waals surface area contributed by atoms with Crippen molar-refractivity contribution in [2.24, 2.45) is 0 Å². The Balaban J connectivity index is 1.49. The largest absolute Gasteiger partial charge is 0.354 e. The molecule has 2 aliphatic heterocycles. The molecule has 1 atom stereocenters. The molecule has 2 saturated heterocycles. The number of carbonyl (C=O) groups excluding carboxylic acids is 1. The molecule has 1 amide bonds. The van der Waals surface area contributed by atoms with Gasteiger partial charge in [-0.3, -0.25) is 4.79 Å². The van der Waals surface area contributed by atoms with Crippen LogP contribution in [0.5, 0.6) is 0 Å². The van der Waals surface area contributed by atoms with Crippen LogP contribution >= 0.6 is 0 Å². The van der Waals surface area contributed by atoms with Gasteiger partial charge in [-0.2, -0.15) is 0 Å². The van der Waals surface area contributed by atoms with Gasteiger partial charge in [-0.1, -0.05) is 24.3 Å². The maximum Gasteiger partial charge on any atom is 0.254 e. The van der Waals surface area contributed by atoms with Gasteiger partial charge in [0.05, 0.1) is 6.04 Å². The summed E-state index contributed by atoms with van der Waals surface area (Å²) in [5.41, 5.74) is 1.91. The van der Waals surface area contributed by atoms with E-state index in [1.54, 1.807) is 0 Å². The Morgan fingerprint density at radius 3 is 2.46 bits per heavy atom. The van der Waals surface area contributed by atoms with Crippen LogP contribution in [0.15, 0.2) is 48.7 Å². The minimum atomic E-state index is 0.122. The molecule has 1 aromatic heterocycles. The third-order valence-electron chi connectivity index (χ3n) is 5.52. The van der Waals surface area contributed by atoms with Crippen LogP contribution in [0.4, 0.5) is 5.82 Å². The summed E-state index contributed by atoms with van der Waals surface area (Å²) in [4.78, 5) is 24.3. The van der Waals surface area contributed by atoms with E-state index >= 15 is 0 Å². The van der Waals surface area contributed by atoms with E-state index in [1.165, 1.54) is 0 Å². The van der Waals surface area contributed by atoms with Crippen molar-refractivity contribution in [1.82, 2.24) is 14.8 Å². The summed E-state index contributed by atoms with van der Waals surface area (Å²) in [7, 11) is 2.16. The molecule has 2 aliphatic rings. The second-order valence-corrected chi connectivity index (χ2v) is 7.26. The molecular weight excluding hydrogens is 324 g/mol. The summed E-state index contributed by atoms with van der Waals surface area (Å²) in [5.74, 6) is 1.16. The Bertz CT molecular complexity index is 738. The number of nitrogens with zero attached hydrogens (tertiary/aromatic N) is 4. The van der Waals surface area contributed by atoms with Crippen LogP contribution in [0.3, 0.4) is 0 Å². The number of hydrogen-bond acceptors (Lipinski definition) is 4. The van der Waals surface area contributed by atoms with Gasteiger partial charge in [-0.05, 0) is 43.7 Å². The zero-order chi connectivity index (χ0) is 17.9. The number of rotatable bonds is 3. The number of carbonyl (C=O) groups is 1. The van der Waals surface area contributed by atoms with E-state index in [0.29, 0.717) is 0 Å². The van der Waals surface area contributed by atoms with Gasteiger partial charge in [0.1, 0.15) is 5.82 Å². The third-order valence-corrected chi connectivity index (χ3v) is 5.52. The molecule has 0 unspecified atom stereocenters. The quantitative estimate of drug-likeness (QED) is 0.853. The summed E-state index contributed by atoms with van der Waals surface area (Å²) in [6, 6.07) is 14.0. The summed E-state index contributed by atoms with van der Waals surface area (Å²) in [6.45, 7) is 5.01. The molecule has 0 N–H and O–H groups in total. The summed E-state index contributed by atoms with van der Waals surface area (Å²) in [5, 5.41) is 0. The van der Waals surface area contributed by atoms with Crippen LogP contribution in [0.1, 0.15) is 34.8 Å². The third kappa shape index (κ3) is 3.44. The lowest BCUT2D eigenvalue weighted by atomic mass is 10.1. The van der Waals surface area contributed by atoms with Gasteiger partial charge < -0.3 is 14.7 Å². The topological polar surface area (TPSA) is 39.7 Å². The van der Waals surface area contributed by atoms with E-state index in [0.717, 1.165) is 62.5 Å². The zero-order valence-electron chi connectivity index (χ0n) is 15.3. The molecule has 2 aromatic rings. The van der Waals surface area contributed by atoms with Crippen molar-refractivity contribution in [3.8, 4) is 0 Å². The first-order valence-electron chi connectivity index (χ1n) is 9.48. The highest BCUT2D eigenvalue weighted by molar-refractivity contribution is 5.94. The number of hydrogen-bond donors (Lipinski definition) is 0. The molecule has 0 spiro atoms. The Morgan fingerprint density at radius 1 is 1.00 bits per heavy atom. The van der Waals surface area contributed by atoms with E-state index < -0.39 is 0 Å². The number of likely N-dealkylation sites (N-methyl/N-ethyl adjacent to an activating group) is 1. The second-order valence-electron chi connectivity index (χ2n) is 7.26. The van der Waals surface area contributed by atoms with Gasteiger partial charge in [0.2, 0.25) is 0 Å². The van der Waals surface area contributed by atoms with E-state index in [2.05, 4.69) is 29.0 Å². The highest BCUT2D eigenvalue weighted by Gasteiger charge is 2.30. The highest BCUT2D eigenvalue weighted by Crippen LogP contribution is 2.33. The lowest BCUT2D eigenvalue weighted by Crippen LogP contribution is -2.44. The Kier molecular flexibility index (Phi) is 4.89. The van der Waals surface area contributed by atoms with Crippen molar-refractivity contribution < 1.29 is 4.79 Å². The second kappa shape index (κ2) is 7.46. The molecule has 4 rings (SSSR count). The maximum absolute atomic E-state index is 12.9. The molecule has 0 aliphatic carbocycles. The van der Waals surface area contributed by atoms with Crippen molar-refractivity contribution in [2.75, 3.05) is 44.7 Å². The first-order chi connectivity index (χ1) is 12.7. The molecule has 0 saturated carbocycles. The van der Waals surface area contributed by atoms with E-state index in [9.17, 15) is 4.79 Å². The SMILES string of the molecule is CN1CCN(c2ccc([C@H]3CCCN3C(=O)c3ccccc3)cn2)CC1. The lowest BCUT2D eigenvalue weighted by molar-refractivity contribution is 0.0735. The molecule has 136 valence electrons. The predicted molar refractivity (Wildman–Crippen MR) is 103 cm³/mol. The number of amides is 1. The van der Waals surface area contributed by atoms with Gasteiger partial charge in [-0.15, -0.1) is 0 Å². The number of piperazine rings is 1. The molecule has 2 fully saturated rings. The van der Waals surface area contributed by atoms with Crippen LogP contribution in [-0.4, -0.2) is 60.5 Å². The van der Waals surface area contributed by atoms with Crippen molar-refractivity contribution >= 4 is 11.7 Å². The van der Waals surface area contributed by atoms with Crippen molar-refractivity contribution in [2.45, 2.75) is 18.9 Å². The highest BCUT2D eigenvalue weighted by atomic mass is 16.2. The fraction of sp³-hybridized carbons (Fsp3) is 0.429. The number of pyridine rings is 1. The van der Waals surface area contributed by atoms with Crippen LogP contribution in [-0.2, 0) is 0 Å². The van der Waals surface area contributed by atoms with Crippen LogP contribution in [0, 0.1) is 0 Å². The summed E-state index contributed by atoms with van der Waals surface area (Å²) >= 11 is 0. The molecule has 3 heterocycles. The number of likely N-dealkylation sites (tertiary alicyclic amines) is 1. The molecule has 0 bridgehead atoms. The van der Waals surface area contributed by atoms with Gasteiger partial charge >= 0.3 is 0 Å². The van der Waals surface area contributed by atoms with E-state index in [1.807, 2.05) is 41.4 Å². The van der Waals surface area contributed by atoms with Gasteiger partial charge in [0.25, 0.3) is 5.91 Å². The van der Waals surface area contributed by atoms with Gasteiger partial charge in [0, 0.05) is 44.5 Å². The van der Waals surface area contributed by atoms with Crippen LogP contribution < -0.4 is 4.90 Å². The van der Waals surface area contributed by atoms with Crippen molar-refractivity contribution in [3.63, 3.8) is 0 Å². The molecule has 5 nitrogen and oxygen atoms in total. The normalized spacial score (nSPS) is 21.2. The molecule has 0 radical (unpaired) electrons. The standard InChI is InChI=1S/C21H26N4O/c1-23-12-14-24(15-13-23)20-10-9-18(16-22-20)19-8-5-11-25(19)21(26)17-6-3-2-4-7-17/h2-4,6-7,9-10,16,19H,5,8,11-15H2,1H3/t19-/m1/s1. The number of anilines is 1. The fourth-order valence-electron chi connectivity index (χ4n) is 3.92. The Labute approximate surface area is 155 Å². The van der Waals surface area contributed by atoms with Crippen molar-refractivity contribution in [3.05, 3.63) is 59.8 Å². The molecule has 1 aromatic carbocycles. The van der Waals surface area contributed by atoms with Gasteiger partial charge in [-0.25, -0.2) is 4.98 Å². The zero-order valence-corrected chi connectivity index (χ0v) is 15.3. The minimum Gasteiger partial charge on any atom is -0.354 e. The first kappa shape index (κ1) is 17.0. The van der Waals surface area contributed by atoms with E-state index in [-0.39, 0.29) is 11.9 Å². The molecule has 26 heavy (non-hydrogen) atoms. The lowest BCUT2D eigenvalue weighted by Gasteiger charge is -2.33. The predicted octanol–water partition coefficient (Wildman–Crippen LogP) is 2.81. The summed E-state index contributed by atoms with van der Waals surface area (Å²) < 4.78 is 0. The van der Waals surface area contributed by atoms with Crippen LogP contribution in [0.25, 0.3) is 0 Å². The Morgan fingerprint density at radius 2 is 1.77 bits per heavy atom. The molecular formula is C21H26N4O. The average Bonchev–Trinajstić information content (AvgIpc) is 3.19. The Hall–Kier alpha value is -2.40. The van der Waals surface area contributed by atoms with Gasteiger partial charge in [0.15, 0.2) is 0 Å². The molecule has 5 heteroatoms. The van der Waals surface area contributed by atoms with E-state index in [4.69, 9.17) is 4.98 Å². The number of benzene rings is 1. The monoisotopic (exact) mass is 350 g/mol. The van der Waals surface area contributed by atoms with Crippen LogP contribution in [0.2, 0.25) is 0 Å².